The Kier molecular flexibility index (Phi) is 5.38. The molecule has 0 radical (unpaired) electrons. The van der Waals surface area contributed by atoms with E-state index in [1.807, 2.05) is 0 Å². The summed E-state index contributed by atoms with van der Waals surface area (Å²) in [5.41, 5.74) is 1.16. The van der Waals surface area contributed by atoms with E-state index in [0.29, 0.717) is 16.2 Å². The normalized spacial score (nSPS) is 9.50. The molecule has 0 atom stereocenters. The van der Waals surface area contributed by atoms with Gasteiger partial charge in [-0.1, -0.05) is 10.6 Å². The van der Waals surface area contributed by atoms with Gasteiger partial charge in [0.05, 0.1) is 4.92 Å². The van der Waals surface area contributed by atoms with Gasteiger partial charge in [0.1, 0.15) is 5.69 Å². The van der Waals surface area contributed by atoms with E-state index in [4.69, 9.17) is 12.6 Å². The van der Waals surface area contributed by atoms with E-state index < -0.39 is 4.92 Å². The van der Waals surface area contributed by atoms with Crippen LogP contribution < -0.4 is 51.4 Å². The number of hydrogen-bond acceptors (Lipinski definition) is 6. The van der Waals surface area contributed by atoms with Gasteiger partial charge in [0, 0.05) is 17.5 Å². The number of benzene rings is 1. The van der Waals surface area contributed by atoms with Crippen LogP contribution in [0.25, 0.3) is 11.3 Å². The summed E-state index contributed by atoms with van der Waals surface area (Å²) in [6.45, 7) is 0. The van der Waals surface area contributed by atoms with Crippen molar-refractivity contribution in [2.75, 3.05) is 0 Å². The fraction of sp³-hybridized carbons (Fsp3) is 0. The summed E-state index contributed by atoms with van der Waals surface area (Å²) in [6.07, 6.45) is 0. The molecule has 0 unspecified atom stereocenters. The minimum atomic E-state index is -0.460. The van der Waals surface area contributed by atoms with Crippen LogP contribution in [0, 0.1) is 10.1 Å². The van der Waals surface area contributed by atoms with Gasteiger partial charge in [0.25, 0.3) is 5.69 Å². The van der Waals surface area contributed by atoms with Crippen LogP contribution in [0.4, 0.5) is 5.69 Å². The van der Waals surface area contributed by atoms with E-state index in [1.165, 1.54) is 29.7 Å². The molecule has 0 spiro atoms. The molecule has 0 bridgehead atoms. The zero-order valence-electron chi connectivity index (χ0n) is 8.28. The molecule has 16 heavy (non-hydrogen) atoms. The zero-order valence-corrected chi connectivity index (χ0v) is 13.0. The molecule has 0 N–H and O–H groups in total. The number of nitrogens with zero attached hydrogens (tertiary/aromatic N) is 3. The topological polar surface area (TPSA) is 68.9 Å². The second kappa shape index (κ2) is 6.10. The Morgan fingerprint density at radius 1 is 1.44 bits per heavy atom. The smallest absolute Gasteiger partial charge is 0.779 e. The summed E-state index contributed by atoms with van der Waals surface area (Å²) < 4.78 is 3.69. The maximum absolute atomic E-state index is 10.6. The Balaban J connectivity index is 0.00000128. The first-order chi connectivity index (χ1) is 7.18. The Labute approximate surface area is 143 Å². The van der Waals surface area contributed by atoms with Gasteiger partial charge in [-0.3, -0.25) is 10.1 Å². The minimum Gasteiger partial charge on any atom is -0.779 e. The van der Waals surface area contributed by atoms with Gasteiger partial charge in [0.2, 0.25) is 0 Å². The first kappa shape index (κ1) is 14.1. The van der Waals surface area contributed by atoms with Crippen LogP contribution in [0.15, 0.2) is 28.5 Å². The predicted molar refractivity (Wildman–Crippen MR) is 57.6 cm³/mol. The average molecular weight is 277 g/mol. The molecule has 76 valence electrons. The number of aromatic nitrogens is 2. The molecule has 5 nitrogen and oxygen atoms in total. The first-order valence-electron chi connectivity index (χ1n) is 3.91. The van der Waals surface area contributed by atoms with Crippen LogP contribution in [-0.2, 0) is 12.6 Å². The second-order valence-corrected chi connectivity index (χ2v) is 3.78. The molecule has 2 rings (SSSR count). The molecule has 8 heteroatoms. The van der Waals surface area contributed by atoms with E-state index in [9.17, 15) is 10.1 Å². The molecule has 1 heterocycles. The molecule has 1 aromatic carbocycles. The Bertz CT molecular complexity index is 504. The van der Waals surface area contributed by atoms with Crippen LogP contribution in [-0.4, -0.2) is 14.5 Å². The van der Waals surface area contributed by atoms with Crippen LogP contribution in [0.5, 0.6) is 0 Å². The Morgan fingerprint density at radius 3 is 2.75 bits per heavy atom. The summed E-state index contributed by atoms with van der Waals surface area (Å²) in [5.74, 6) is 0. The van der Waals surface area contributed by atoms with E-state index >= 15 is 0 Å². The van der Waals surface area contributed by atoms with Crippen molar-refractivity contribution >= 4 is 29.8 Å². The van der Waals surface area contributed by atoms with Crippen molar-refractivity contribution in [2.45, 2.75) is 4.90 Å². The van der Waals surface area contributed by atoms with Crippen molar-refractivity contribution in [3.05, 3.63) is 33.7 Å². The van der Waals surface area contributed by atoms with Gasteiger partial charge in [-0.25, -0.2) is 0 Å². The third kappa shape index (κ3) is 3.03. The number of nitro benzene ring substituents is 1. The Hall–Kier alpha value is 0.0364. The Morgan fingerprint density at radius 2 is 2.19 bits per heavy atom. The summed E-state index contributed by atoms with van der Waals surface area (Å²) in [6, 6.07) is 4.33. The molecule has 0 fully saturated rings. The molecular formula is C8H4KN3O2S2. The van der Waals surface area contributed by atoms with Crippen molar-refractivity contribution in [1.29, 1.82) is 0 Å². The standard InChI is InChI=1S/C8H5N3O2S2.K/c12-11(13)5-1-2-8(14)6(3-5)7-4-15-10-9-7;/h1-4,14H;/q;+1/p-1. The second-order valence-electron chi connectivity index (χ2n) is 2.73. The number of hydrogen-bond donors (Lipinski definition) is 0. The van der Waals surface area contributed by atoms with E-state index in [-0.39, 0.29) is 57.1 Å². The maximum atomic E-state index is 10.6. The van der Waals surface area contributed by atoms with Gasteiger partial charge >= 0.3 is 51.4 Å². The minimum absolute atomic E-state index is 0. The monoisotopic (exact) mass is 277 g/mol. The molecule has 2 aromatic rings. The largest absolute Gasteiger partial charge is 1.00 e. The summed E-state index contributed by atoms with van der Waals surface area (Å²) >= 11 is 6.24. The molecule has 0 aliphatic heterocycles. The van der Waals surface area contributed by atoms with Gasteiger partial charge in [-0.05, 0) is 17.1 Å². The number of non-ortho nitro benzene ring substituents is 1. The summed E-state index contributed by atoms with van der Waals surface area (Å²) in [7, 11) is 0. The van der Waals surface area contributed by atoms with Crippen molar-refractivity contribution in [1.82, 2.24) is 9.59 Å². The van der Waals surface area contributed by atoms with Gasteiger partial charge in [-0.15, -0.1) is 5.10 Å². The van der Waals surface area contributed by atoms with Crippen molar-refractivity contribution in [2.24, 2.45) is 0 Å². The summed E-state index contributed by atoms with van der Waals surface area (Å²) in [4.78, 5) is 10.6. The third-order valence-electron chi connectivity index (χ3n) is 1.81. The molecule has 0 saturated carbocycles. The summed E-state index contributed by atoms with van der Waals surface area (Å²) in [5, 5.41) is 16.1. The van der Waals surface area contributed by atoms with Crippen LogP contribution in [0.2, 0.25) is 0 Å². The van der Waals surface area contributed by atoms with Crippen molar-refractivity contribution < 1.29 is 56.3 Å². The van der Waals surface area contributed by atoms with E-state index in [1.54, 1.807) is 5.38 Å². The average Bonchev–Trinajstić information content (AvgIpc) is 2.71. The zero-order chi connectivity index (χ0) is 10.8. The first-order valence-corrected chi connectivity index (χ1v) is 5.16. The maximum Gasteiger partial charge on any atom is 1.00 e. The third-order valence-corrected chi connectivity index (χ3v) is 2.67. The molecular weight excluding hydrogens is 273 g/mol. The molecule has 0 aliphatic carbocycles. The van der Waals surface area contributed by atoms with Crippen LogP contribution in [0.3, 0.4) is 0 Å². The van der Waals surface area contributed by atoms with E-state index in [2.05, 4.69) is 9.59 Å². The number of rotatable bonds is 2. The van der Waals surface area contributed by atoms with Gasteiger partial charge in [0.15, 0.2) is 0 Å². The van der Waals surface area contributed by atoms with Crippen LogP contribution >= 0.6 is 11.5 Å². The SMILES string of the molecule is O=[N+]([O-])c1ccc([S-])c(-c2csnn2)c1.[K+]. The molecule has 0 amide bonds. The fourth-order valence-electron chi connectivity index (χ4n) is 1.11. The molecule has 0 saturated heterocycles. The molecule has 1 aromatic heterocycles. The van der Waals surface area contributed by atoms with Crippen molar-refractivity contribution in [3.63, 3.8) is 0 Å². The predicted octanol–water partition coefficient (Wildman–Crippen LogP) is -0.977. The number of nitro groups is 1. The van der Waals surface area contributed by atoms with Gasteiger partial charge in [-0.2, -0.15) is 4.90 Å². The molecule has 0 aliphatic rings. The van der Waals surface area contributed by atoms with Crippen LogP contribution in [0.1, 0.15) is 0 Å². The quantitative estimate of drug-likeness (QED) is 0.305. The van der Waals surface area contributed by atoms with Gasteiger partial charge < -0.3 is 12.6 Å². The fourth-order valence-corrected chi connectivity index (χ4v) is 1.80. The van der Waals surface area contributed by atoms with Crippen molar-refractivity contribution in [3.8, 4) is 11.3 Å². The van der Waals surface area contributed by atoms with E-state index in [0.717, 1.165) is 0 Å².